The summed E-state index contributed by atoms with van der Waals surface area (Å²) in [5.74, 6) is 0.925. The zero-order valence-electron chi connectivity index (χ0n) is 8.99. The molecule has 0 bridgehead atoms. The van der Waals surface area contributed by atoms with Crippen molar-refractivity contribution in [3.8, 4) is 5.75 Å². The normalized spacial score (nSPS) is 12.5. The number of rotatable bonds is 5. The van der Waals surface area contributed by atoms with E-state index in [-0.39, 0.29) is 6.10 Å². The van der Waals surface area contributed by atoms with Crippen LogP contribution in [0.1, 0.15) is 25.3 Å². The summed E-state index contributed by atoms with van der Waals surface area (Å²) in [5.41, 5.74) is 6.84. The minimum atomic E-state index is 0.154. The quantitative estimate of drug-likeness (QED) is 0.779. The monoisotopic (exact) mass is 193 g/mol. The molecule has 2 N–H and O–H groups in total. The summed E-state index contributed by atoms with van der Waals surface area (Å²) < 4.78 is 5.76. The third-order valence-corrected chi connectivity index (χ3v) is 2.17. The van der Waals surface area contributed by atoms with Crippen molar-refractivity contribution in [2.24, 2.45) is 5.73 Å². The standard InChI is InChI=1S/C12H19NO/c1-3-5-12(9-13)14-11-7-4-6-10(2)8-11/h4,6-8,12H,3,5,9,13H2,1-2H3. The Kier molecular flexibility index (Phi) is 4.47. The lowest BCUT2D eigenvalue weighted by molar-refractivity contribution is 0.198. The van der Waals surface area contributed by atoms with E-state index < -0.39 is 0 Å². The first-order valence-corrected chi connectivity index (χ1v) is 5.19. The van der Waals surface area contributed by atoms with E-state index in [2.05, 4.69) is 19.9 Å². The number of benzene rings is 1. The van der Waals surface area contributed by atoms with Gasteiger partial charge in [-0.15, -0.1) is 0 Å². The second kappa shape index (κ2) is 5.66. The Morgan fingerprint density at radius 1 is 1.43 bits per heavy atom. The molecule has 0 spiro atoms. The smallest absolute Gasteiger partial charge is 0.120 e. The van der Waals surface area contributed by atoms with Gasteiger partial charge in [0.05, 0.1) is 0 Å². The lowest BCUT2D eigenvalue weighted by Gasteiger charge is -2.16. The van der Waals surface area contributed by atoms with Crippen LogP contribution >= 0.6 is 0 Å². The molecular weight excluding hydrogens is 174 g/mol. The molecule has 0 aliphatic heterocycles. The molecule has 0 aliphatic rings. The zero-order valence-corrected chi connectivity index (χ0v) is 8.99. The molecule has 1 aromatic rings. The van der Waals surface area contributed by atoms with Gasteiger partial charge in [-0.25, -0.2) is 0 Å². The fourth-order valence-electron chi connectivity index (χ4n) is 1.43. The van der Waals surface area contributed by atoms with E-state index in [0.717, 1.165) is 18.6 Å². The number of hydrogen-bond acceptors (Lipinski definition) is 2. The summed E-state index contributed by atoms with van der Waals surface area (Å²) >= 11 is 0. The van der Waals surface area contributed by atoms with Gasteiger partial charge in [0.2, 0.25) is 0 Å². The predicted octanol–water partition coefficient (Wildman–Crippen LogP) is 2.50. The molecule has 0 saturated heterocycles. The lowest BCUT2D eigenvalue weighted by Crippen LogP contribution is -2.26. The molecule has 0 aromatic heterocycles. The molecule has 0 amide bonds. The molecule has 1 rings (SSSR count). The molecule has 2 nitrogen and oxygen atoms in total. The molecule has 78 valence electrons. The molecule has 0 fully saturated rings. The number of aryl methyl sites for hydroxylation is 1. The second-order valence-corrected chi connectivity index (χ2v) is 3.58. The first-order chi connectivity index (χ1) is 6.76. The van der Waals surface area contributed by atoms with E-state index in [0.29, 0.717) is 6.54 Å². The van der Waals surface area contributed by atoms with Crippen LogP contribution in [0.3, 0.4) is 0 Å². The molecule has 0 saturated carbocycles. The lowest BCUT2D eigenvalue weighted by atomic mass is 10.2. The highest BCUT2D eigenvalue weighted by Gasteiger charge is 2.06. The maximum absolute atomic E-state index is 5.76. The van der Waals surface area contributed by atoms with Gasteiger partial charge >= 0.3 is 0 Å². The van der Waals surface area contributed by atoms with Crippen molar-refractivity contribution in [1.29, 1.82) is 0 Å². The fourth-order valence-corrected chi connectivity index (χ4v) is 1.43. The summed E-state index contributed by atoms with van der Waals surface area (Å²) in [4.78, 5) is 0. The minimum Gasteiger partial charge on any atom is -0.489 e. The van der Waals surface area contributed by atoms with Crippen LogP contribution in [0.25, 0.3) is 0 Å². The highest BCUT2D eigenvalue weighted by Crippen LogP contribution is 2.15. The van der Waals surface area contributed by atoms with Gasteiger partial charge in [0.15, 0.2) is 0 Å². The van der Waals surface area contributed by atoms with Crippen LogP contribution in [-0.2, 0) is 0 Å². The maximum Gasteiger partial charge on any atom is 0.120 e. The third kappa shape index (κ3) is 3.38. The van der Waals surface area contributed by atoms with Crippen LogP contribution in [-0.4, -0.2) is 12.6 Å². The van der Waals surface area contributed by atoms with Crippen molar-refractivity contribution < 1.29 is 4.74 Å². The molecule has 1 aromatic carbocycles. The second-order valence-electron chi connectivity index (χ2n) is 3.58. The summed E-state index contributed by atoms with van der Waals surface area (Å²) in [6.45, 7) is 4.79. The van der Waals surface area contributed by atoms with Gasteiger partial charge < -0.3 is 10.5 Å². The van der Waals surface area contributed by atoms with Gasteiger partial charge in [0.1, 0.15) is 11.9 Å². The molecule has 14 heavy (non-hydrogen) atoms. The van der Waals surface area contributed by atoms with E-state index in [4.69, 9.17) is 10.5 Å². The van der Waals surface area contributed by atoms with Gasteiger partial charge in [0.25, 0.3) is 0 Å². The van der Waals surface area contributed by atoms with Gasteiger partial charge in [-0.1, -0.05) is 25.5 Å². The first kappa shape index (κ1) is 11.1. The Morgan fingerprint density at radius 2 is 2.21 bits per heavy atom. The van der Waals surface area contributed by atoms with Crippen LogP contribution in [0.15, 0.2) is 24.3 Å². The molecule has 1 unspecified atom stereocenters. The predicted molar refractivity (Wildman–Crippen MR) is 59.6 cm³/mol. The van der Waals surface area contributed by atoms with Crippen molar-refractivity contribution in [3.05, 3.63) is 29.8 Å². The fraction of sp³-hybridized carbons (Fsp3) is 0.500. The number of hydrogen-bond donors (Lipinski definition) is 1. The Hall–Kier alpha value is -1.02. The van der Waals surface area contributed by atoms with Gasteiger partial charge in [-0.05, 0) is 31.0 Å². The molecular formula is C12H19NO. The summed E-state index contributed by atoms with van der Waals surface area (Å²) in [7, 11) is 0. The topological polar surface area (TPSA) is 35.2 Å². The Balaban J connectivity index is 2.57. The van der Waals surface area contributed by atoms with Crippen LogP contribution in [0.2, 0.25) is 0 Å². The zero-order chi connectivity index (χ0) is 10.4. The van der Waals surface area contributed by atoms with E-state index in [1.54, 1.807) is 0 Å². The van der Waals surface area contributed by atoms with E-state index in [9.17, 15) is 0 Å². The Labute approximate surface area is 86.1 Å². The minimum absolute atomic E-state index is 0.154. The van der Waals surface area contributed by atoms with Gasteiger partial charge in [-0.2, -0.15) is 0 Å². The summed E-state index contributed by atoms with van der Waals surface area (Å²) in [6.07, 6.45) is 2.28. The highest BCUT2D eigenvalue weighted by molar-refractivity contribution is 5.27. The molecule has 1 atom stereocenters. The molecule has 0 heterocycles. The maximum atomic E-state index is 5.76. The van der Waals surface area contributed by atoms with Crippen LogP contribution in [0.5, 0.6) is 5.75 Å². The van der Waals surface area contributed by atoms with E-state index in [1.807, 2.05) is 18.2 Å². The van der Waals surface area contributed by atoms with E-state index in [1.165, 1.54) is 5.56 Å². The number of nitrogens with two attached hydrogens (primary N) is 1. The molecule has 0 radical (unpaired) electrons. The summed E-state index contributed by atoms with van der Waals surface area (Å²) in [6, 6.07) is 8.08. The highest BCUT2D eigenvalue weighted by atomic mass is 16.5. The van der Waals surface area contributed by atoms with Gasteiger partial charge in [0, 0.05) is 6.54 Å². The largest absolute Gasteiger partial charge is 0.489 e. The summed E-state index contributed by atoms with van der Waals surface area (Å²) in [5, 5.41) is 0. The average molecular weight is 193 g/mol. The molecule has 2 heteroatoms. The first-order valence-electron chi connectivity index (χ1n) is 5.19. The van der Waals surface area contributed by atoms with E-state index >= 15 is 0 Å². The van der Waals surface area contributed by atoms with Crippen molar-refractivity contribution in [2.45, 2.75) is 32.8 Å². The van der Waals surface area contributed by atoms with Crippen molar-refractivity contribution in [2.75, 3.05) is 6.54 Å². The van der Waals surface area contributed by atoms with Crippen LogP contribution < -0.4 is 10.5 Å². The third-order valence-electron chi connectivity index (χ3n) is 2.17. The van der Waals surface area contributed by atoms with Crippen molar-refractivity contribution in [3.63, 3.8) is 0 Å². The Bertz CT molecular complexity index is 273. The Morgan fingerprint density at radius 3 is 2.79 bits per heavy atom. The number of ether oxygens (including phenoxy) is 1. The van der Waals surface area contributed by atoms with Crippen LogP contribution in [0.4, 0.5) is 0 Å². The van der Waals surface area contributed by atoms with Crippen LogP contribution in [0, 0.1) is 6.92 Å². The van der Waals surface area contributed by atoms with Gasteiger partial charge in [-0.3, -0.25) is 0 Å². The SMILES string of the molecule is CCCC(CN)Oc1cccc(C)c1. The van der Waals surface area contributed by atoms with Crippen molar-refractivity contribution in [1.82, 2.24) is 0 Å². The molecule has 0 aliphatic carbocycles. The van der Waals surface area contributed by atoms with Crippen molar-refractivity contribution >= 4 is 0 Å². The average Bonchev–Trinajstić information content (AvgIpc) is 2.17.